The molecule has 0 aliphatic rings. The Bertz CT molecular complexity index is 1300. The molecule has 0 aliphatic heterocycles. The van der Waals surface area contributed by atoms with E-state index in [1.54, 1.807) is 31.2 Å². The highest BCUT2D eigenvalue weighted by molar-refractivity contribution is 7.90. The van der Waals surface area contributed by atoms with Crippen LogP contribution >= 0.6 is 11.6 Å². The number of benzene rings is 3. The normalized spacial score (nSPS) is 11.7. The van der Waals surface area contributed by atoms with Crippen molar-refractivity contribution in [3.05, 3.63) is 88.7 Å². The van der Waals surface area contributed by atoms with E-state index >= 15 is 0 Å². The van der Waals surface area contributed by atoms with Gasteiger partial charge < -0.3 is 4.74 Å². The molecule has 5 nitrogen and oxygen atoms in total. The monoisotopic (exact) mass is 426 g/mol. The maximum Gasteiger partial charge on any atom is 0.273 e. The molecule has 29 heavy (non-hydrogen) atoms. The Labute approximate surface area is 174 Å². The number of aryl methyl sites for hydroxylation is 1. The van der Waals surface area contributed by atoms with Gasteiger partial charge in [-0.2, -0.15) is 0 Å². The van der Waals surface area contributed by atoms with Crippen molar-refractivity contribution in [1.29, 1.82) is 0 Å². The third-order valence-corrected chi connectivity index (χ3v) is 6.92. The maximum atomic E-state index is 13.7. The van der Waals surface area contributed by atoms with Crippen molar-refractivity contribution in [2.24, 2.45) is 0 Å². The van der Waals surface area contributed by atoms with Gasteiger partial charge in [0.1, 0.15) is 16.5 Å². The molecule has 0 radical (unpaired) electrons. The summed E-state index contributed by atoms with van der Waals surface area (Å²) < 4.78 is 34.1. The SMILES string of the molecule is COc1cc(C)c(Cl)cc1S(=O)(=O)n1c(Cc2ccccc2)nc2ccccc21. The second-order valence-corrected chi connectivity index (χ2v) is 8.86. The second kappa shape index (κ2) is 7.54. The van der Waals surface area contributed by atoms with E-state index in [9.17, 15) is 8.42 Å². The van der Waals surface area contributed by atoms with Crippen molar-refractivity contribution in [3.63, 3.8) is 0 Å². The number of nitrogens with zero attached hydrogens (tertiary/aromatic N) is 2. The first-order valence-electron chi connectivity index (χ1n) is 9.02. The Kier molecular flexibility index (Phi) is 5.06. The van der Waals surface area contributed by atoms with Gasteiger partial charge in [-0.15, -0.1) is 0 Å². The lowest BCUT2D eigenvalue weighted by molar-refractivity contribution is 0.402. The molecule has 3 aromatic carbocycles. The predicted molar refractivity (Wildman–Crippen MR) is 114 cm³/mol. The summed E-state index contributed by atoms with van der Waals surface area (Å²) in [6.45, 7) is 1.80. The number of aromatic nitrogens is 2. The summed E-state index contributed by atoms with van der Waals surface area (Å²) in [6.07, 6.45) is 0.372. The molecule has 148 valence electrons. The van der Waals surface area contributed by atoms with Crippen LogP contribution in [-0.4, -0.2) is 24.5 Å². The number of hydrogen-bond donors (Lipinski definition) is 0. The van der Waals surface area contributed by atoms with E-state index in [1.807, 2.05) is 36.4 Å². The number of fused-ring (bicyclic) bond motifs is 1. The van der Waals surface area contributed by atoms with E-state index in [0.717, 1.165) is 11.1 Å². The van der Waals surface area contributed by atoms with Crippen LogP contribution in [0.5, 0.6) is 5.75 Å². The van der Waals surface area contributed by atoms with Crippen molar-refractivity contribution in [2.75, 3.05) is 7.11 Å². The quantitative estimate of drug-likeness (QED) is 0.458. The summed E-state index contributed by atoms with van der Waals surface area (Å²) in [5, 5.41) is 0.360. The predicted octanol–water partition coefficient (Wildman–Crippen LogP) is 4.83. The molecular formula is C22H19ClN2O3S. The summed E-state index contributed by atoms with van der Waals surface area (Å²) in [6, 6.07) is 19.9. The fourth-order valence-electron chi connectivity index (χ4n) is 3.31. The van der Waals surface area contributed by atoms with Gasteiger partial charge in [-0.25, -0.2) is 17.4 Å². The molecule has 0 spiro atoms. The van der Waals surface area contributed by atoms with Crippen LogP contribution in [0, 0.1) is 6.92 Å². The molecule has 0 unspecified atom stereocenters. The lowest BCUT2D eigenvalue weighted by Gasteiger charge is -2.15. The lowest BCUT2D eigenvalue weighted by atomic mass is 10.1. The fourth-order valence-corrected chi connectivity index (χ4v) is 5.19. The standard InChI is InChI=1S/C22H19ClN2O3S/c1-15-12-20(28-2)21(14-17(15)23)29(26,27)25-19-11-7-6-10-18(19)24-22(25)13-16-8-4-3-5-9-16/h3-12,14H,13H2,1-2H3. The molecule has 0 bridgehead atoms. The van der Waals surface area contributed by atoms with Crippen LogP contribution in [-0.2, 0) is 16.4 Å². The molecule has 0 amide bonds. The van der Waals surface area contributed by atoms with Gasteiger partial charge in [0.05, 0.1) is 18.1 Å². The van der Waals surface area contributed by atoms with E-state index in [4.69, 9.17) is 16.3 Å². The molecule has 0 fully saturated rings. The average Bonchev–Trinajstić information content (AvgIpc) is 3.08. The van der Waals surface area contributed by atoms with E-state index in [2.05, 4.69) is 4.98 Å². The highest BCUT2D eigenvalue weighted by Gasteiger charge is 2.28. The van der Waals surface area contributed by atoms with Gasteiger partial charge in [0.25, 0.3) is 10.0 Å². The van der Waals surface area contributed by atoms with Crippen LogP contribution in [0.3, 0.4) is 0 Å². The van der Waals surface area contributed by atoms with E-state index in [-0.39, 0.29) is 10.6 Å². The topological polar surface area (TPSA) is 61.2 Å². The molecule has 0 saturated heterocycles. The summed E-state index contributed by atoms with van der Waals surface area (Å²) in [7, 11) is -2.57. The molecule has 0 N–H and O–H groups in total. The zero-order valence-corrected chi connectivity index (χ0v) is 17.5. The number of hydrogen-bond acceptors (Lipinski definition) is 4. The van der Waals surface area contributed by atoms with Crippen LogP contribution in [0.2, 0.25) is 5.02 Å². The second-order valence-electron chi connectivity index (χ2n) is 6.70. The Morgan fingerprint density at radius 1 is 1.03 bits per heavy atom. The third kappa shape index (κ3) is 3.50. The molecule has 4 rings (SSSR count). The average molecular weight is 427 g/mol. The number of methoxy groups -OCH3 is 1. The largest absolute Gasteiger partial charge is 0.495 e. The molecule has 7 heteroatoms. The lowest BCUT2D eigenvalue weighted by Crippen LogP contribution is -2.17. The molecule has 0 aliphatic carbocycles. The van der Waals surface area contributed by atoms with Gasteiger partial charge in [0.2, 0.25) is 0 Å². The zero-order chi connectivity index (χ0) is 20.6. The molecule has 0 saturated carbocycles. The summed E-state index contributed by atoms with van der Waals surface area (Å²) in [5.74, 6) is 0.673. The van der Waals surface area contributed by atoms with E-state index in [1.165, 1.54) is 17.1 Å². The van der Waals surface area contributed by atoms with Gasteiger partial charge >= 0.3 is 0 Å². The highest BCUT2D eigenvalue weighted by atomic mass is 35.5. The molecule has 1 heterocycles. The summed E-state index contributed by atoms with van der Waals surface area (Å²) in [5.41, 5.74) is 2.83. The van der Waals surface area contributed by atoms with Gasteiger partial charge in [-0.3, -0.25) is 0 Å². The minimum atomic E-state index is -4.01. The van der Waals surface area contributed by atoms with E-state index in [0.29, 0.717) is 28.3 Å². The molecular weight excluding hydrogens is 408 g/mol. The first-order valence-corrected chi connectivity index (χ1v) is 10.8. The first kappa shape index (κ1) is 19.5. The Hall–Kier alpha value is -2.83. The summed E-state index contributed by atoms with van der Waals surface area (Å²) in [4.78, 5) is 4.61. The smallest absolute Gasteiger partial charge is 0.273 e. The third-order valence-electron chi connectivity index (χ3n) is 4.75. The van der Waals surface area contributed by atoms with Gasteiger partial charge in [0.15, 0.2) is 0 Å². The summed E-state index contributed by atoms with van der Waals surface area (Å²) >= 11 is 6.25. The Balaban J connectivity index is 1.97. The molecule has 0 atom stereocenters. The van der Waals surface area contributed by atoms with Crippen molar-refractivity contribution in [1.82, 2.24) is 8.96 Å². The Morgan fingerprint density at radius 3 is 2.45 bits per heavy atom. The van der Waals surface area contributed by atoms with Crippen LogP contribution in [0.15, 0.2) is 71.6 Å². The minimum absolute atomic E-state index is 0.00747. The number of para-hydroxylation sites is 2. The van der Waals surface area contributed by atoms with Crippen LogP contribution in [0.1, 0.15) is 17.0 Å². The number of imidazole rings is 1. The minimum Gasteiger partial charge on any atom is -0.495 e. The number of halogens is 1. The van der Waals surface area contributed by atoms with E-state index < -0.39 is 10.0 Å². The van der Waals surface area contributed by atoms with Crippen molar-refractivity contribution >= 4 is 32.7 Å². The van der Waals surface area contributed by atoms with Crippen molar-refractivity contribution in [3.8, 4) is 5.75 Å². The fraction of sp³-hybridized carbons (Fsp3) is 0.136. The first-order chi connectivity index (χ1) is 13.9. The van der Waals surface area contributed by atoms with Crippen molar-refractivity contribution < 1.29 is 13.2 Å². The van der Waals surface area contributed by atoms with Crippen LogP contribution in [0.4, 0.5) is 0 Å². The van der Waals surface area contributed by atoms with Gasteiger partial charge in [-0.1, -0.05) is 54.1 Å². The molecule has 1 aromatic heterocycles. The van der Waals surface area contributed by atoms with Crippen molar-refractivity contribution in [2.45, 2.75) is 18.2 Å². The van der Waals surface area contributed by atoms with Gasteiger partial charge in [0, 0.05) is 11.4 Å². The van der Waals surface area contributed by atoms with Crippen LogP contribution < -0.4 is 4.74 Å². The Morgan fingerprint density at radius 2 is 1.72 bits per heavy atom. The molecule has 4 aromatic rings. The highest BCUT2D eigenvalue weighted by Crippen LogP contribution is 2.34. The maximum absolute atomic E-state index is 13.7. The number of rotatable bonds is 5. The van der Waals surface area contributed by atoms with Crippen LogP contribution in [0.25, 0.3) is 11.0 Å². The number of ether oxygens (including phenoxy) is 1. The van der Waals surface area contributed by atoms with Gasteiger partial charge in [-0.05, 0) is 42.3 Å². The zero-order valence-electron chi connectivity index (χ0n) is 16.0.